The minimum Gasteiger partial charge on any atom is -0.492 e. The number of benzene rings is 1. The molecule has 0 aliphatic carbocycles. The highest BCUT2D eigenvalue weighted by molar-refractivity contribution is 5.91. The van der Waals surface area contributed by atoms with E-state index in [0.29, 0.717) is 19.6 Å². The summed E-state index contributed by atoms with van der Waals surface area (Å²) in [4.78, 5) is 11.5. The van der Waals surface area contributed by atoms with E-state index in [9.17, 15) is 4.79 Å². The zero-order chi connectivity index (χ0) is 20.2. The van der Waals surface area contributed by atoms with E-state index in [0.717, 1.165) is 28.6 Å². The molecular formula is C21H34N4O2. The molecule has 0 fully saturated rings. The quantitative estimate of drug-likeness (QED) is 0.725. The fourth-order valence-electron chi connectivity index (χ4n) is 2.28. The van der Waals surface area contributed by atoms with E-state index >= 15 is 0 Å². The van der Waals surface area contributed by atoms with Crippen LogP contribution in [0.2, 0.25) is 0 Å². The zero-order valence-electron chi connectivity index (χ0n) is 17.3. The molecule has 0 aliphatic heterocycles. The number of hydrogen-bond acceptors (Lipinski definition) is 4. The summed E-state index contributed by atoms with van der Waals surface area (Å²) in [6.45, 7) is 9.43. The van der Waals surface area contributed by atoms with Crippen molar-refractivity contribution in [2.75, 3.05) is 18.5 Å². The van der Waals surface area contributed by atoms with Crippen LogP contribution >= 0.6 is 0 Å². The molecule has 6 heteroatoms. The first-order chi connectivity index (χ1) is 13.0. The Morgan fingerprint density at radius 2 is 1.96 bits per heavy atom. The van der Waals surface area contributed by atoms with Gasteiger partial charge in [0.1, 0.15) is 12.4 Å². The Kier molecular flexibility index (Phi) is 10.2. The van der Waals surface area contributed by atoms with Crippen molar-refractivity contribution in [3.05, 3.63) is 30.5 Å². The Morgan fingerprint density at radius 3 is 2.44 bits per heavy atom. The van der Waals surface area contributed by atoms with Crippen LogP contribution in [0.3, 0.4) is 0 Å². The number of nitrogens with one attached hydrogen (secondary N) is 1. The van der Waals surface area contributed by atoms with Gasteiger partial charge in [0.25, 0.3) is 0 Å². The van der Waals surface area contributed by atoms with Crippen molar-refractivity contribution in [1.29, 1.82) is 0 Å². The van der Waals surface area contributed by atoms with Gasteiger partial charge in [-0.3, -0.25) is 9.48 Å². The van der Waals surface area contributed by atoms with Gasteiger partial charge in [-0.2, -0.15) is 5.10 Å². The standard InChI is InChI=1S/C15H20N4O2.C6H14/c1-3-15(20)18-11-4-5-14(21-9-7-16)12(10-11)13-6-8-17-19(13)2;1-4-6(3)5-2/h4-6,8,10H,3,7,9,16H2,1-2H3,(H,18,20);6H,4-5H2,1-3H3. The Hall–Kier alpha value is -2.34. The summed E-state index contributed by atoms with van der Waals surface area (Å²) in [6.07, 6.45) is 4.82. The van der Waals surface area contributed by atoms with Gasteiger partial charge in [0.2, 0.25) is 5.91 Å². The first-order valence-electron chi connectivity index (χ1n) is 9.71. The summed E-state index contributed by atoms with van der Waals surface area (Å²) < 4.78 is 7.43. The molecule has 2 aromatic rings. The molecule has 0 bridgehead atoms. The van der Waals surface area contributed by atoms with Crippen molar-refractivity contribution >= 4 is 11.6 Å². The van der Waals surface area contributed by atoms with Crippen molar-refractivity contribution in [2.45, 2.75) is 47.0 Å². The number of hydrogen-bond donors (Lipinski definition) is 2. The fraction of sp³-hybridized carbons (Fsp3) is 0.524. The topological polar surface area (TPSA) is 82.2 Å². The second-order valence-electron chi connectivity index (χ2n) is 6.51. The van der Waals surface area contributed by atoms with E-state index < -0.39 is 0 Å². The van der Waals surface area contributed by atoms with E-state index in [4.69, 9.17) is 10.5 Å². The molecule has 1 amide bonds. The van der Waals surface area contributed by atoms with Crippen molar-refractivity contribution in [3.8, 4) is 17.0 Å². The van der Waals surface area contributed by atoms with E-state index in [1.54, 1.807) is 10.9 Å². The van der Waals surface area contributed by atoms with Gasteiger partial charge in [0, 0.05) is 37.5 Å². The van der Waals surface area contributed by atoms with Crippen LogP contribution in [0, 0.1) is 5.92 Å². The average Bonchev–Trinajstić information content (AvgIpc) is 3.12. The van der Waals surface area contributed by atoms with E-state index in [1.165, 1.54) is 12.8 Å². The number of nitrogens with zero attached hydrogens (tertiary/aromatic N) is 2. The van der Waals surface area contributed by atoms with E-state index in [2.05, 4.69) is 31.2 Å². The third-order valence-corrected chi connectivity index (χ3v) is 4.45. The fourth-order valence-corrected chi connectivity index (χ4v) is 2.28. The summed E-state index contributed by atoms with van der Waals surface area (Å²) in [7, 11) is 1.86. The normalized spacial score (nSPS) is 10.3. The van der Waals surface area contributed by atoms with Gasteiger partial charge in [-0.25, -0.2) is 0 Å². The first-order valence-corrected chi connectivity index (χ1v) is 9.71. The molecule has 6 nitrogen and oxygen atoms in total. The van der Waals surface area contributed by atoms with Gasteiger partial charge < -0.3 is 15.8 Å². The number of anilines is 1. The number of carbonyl (C=O) groups is 1. The van der Waals surface area contributed by atoms with Crippen LogP contribution in [0.1, 0.15) is 47.0 Å². The van der Waals surface area contributed by atoms with Crippen LogP contribution < -0.4 is 15.8 Å². The molecule has 0 aliphatic rings. The first kappa shape index (κ1) is 22.7. The number of carbonyl (C=O) groups excluding carboxylic acids is 1. The van der Waals surface area contributed by atoms with Gasteiger partial charge >= 0.3 is 0 Å². The zero-order valence-corrected chi connectivity index (χ0v) is 17.3. The highest BCUT2D eigenvalue weighted by Gasteiger charge is 2.12. The molecule has 0 saturated heterocycles. The third kappa shape index (κ3) is 7.43. The van der Waals surface area contributed by atoms with Gasteiger partial charge in [-0.05, 0) is 30.2 Å². The Balaban J connectivity index is 0.000000527. The lowest BCUT2D eigenvalue weighted by Crippen LogP contribution is -2.12. The second-order valence-corrected chi connectivity index (χ2v) is 6.51. The molecule has 1 aromatic heterocycles. The average molecular weight is 375 g/mol. The largest absolute Gasteiger partial charge is 0.492 e. The molecule has 0 unspecified atom stereocenters. The van der Waals surface area contributed by atoms with Gasteiger partial charge in [-0.15, -0.1) is 0 Å². The molecule has 1 aromatic carbocycles. The minimum atomic E-state index is -0.0263. The van der Waals surface area contributed by atoms with Crippen molar-refractivity contribution in [2.24, 2.45) is 18.7 Å². The maximum absolute atomic E-state index is 11.5. The van der Waals surface area contributed by atoms with E-state index in [1.807, 2.05) is 38.2 Å². The summed E-state index contributed by atoms with van der Waals surface area (Å²) in [5.41, 5.74) is 8.01. The molecule has 0 atom stereocenters. The van der Waals surface area contributed by atoms with Gasteiger partial charge in [0.05, 0.1) is 5.69 Å². The smallest absolute Gasteiger partial charge is 0.224 e. The third-order valence-electron chi connectivity index (χ3n) is 4.45. The van der Waals surface area contributed by atoms with Crippen molar-refractivity contribution < 1.29 is 9.53 Å². The molecule has 0 saturated carbocycles. The summed E-state index contributed by atoms with van der Waals surface area (Å²) >= 11 is 0. The maximum atomic E-state index is 11.5. The Morgan fingerprint density at radius 1 is 1.26 bits per heavy atom. The number of aromatic nitrogens is 2. The maximum Gasteiger partial charge on any atom is 0.224 e. The van der Waals surface area contributed by atoms with Gasteiger partial charge in [-0.1, -0.05) is 40.5 Å². The van der Waals surface area contributed by atoms with Crippen LogP contribution in [0.5, 0.6) is 5.75 Å². The Bertz CT molecular complexity index is 693. The van der Waals surface area contributed by atoms with E-state index in [-0.39, 0.29) is 5.91 Å². The molecule has 0 spiro atoms. The highest BCUT2D eigenvalue weighted by Crippen LogP contribution is 2.32. The van der Waals surface area contributed by atoms with Crippen LogP contribution in [-0.4, -0.2) is 28.8 Å². The number of nitrogens with two attached hydrogens (primary N) is 1. The highest BCUT2D eigenvalue weighted by atomic mass is 16.5. The summed E-state index contributed by atoms with van der Waals surface area (Å²) in [6, 6.07) is 7.44. The van der Waals surface area contributed by atoms with Crippen LogP contribution in [-0.2, 0) is 11.8 Å². The summed E-state index contributed by atoms with van der Waals surface area (Å²) in [5.74, 6) is 1.63. The second kappa shape index (κ2) is 12.1. The Labute approximate surface area is 163 Å². The van der Waals surface area contributed by atoms with Crippen LogP contribution in [0.4, 0.5) is 5.69 Å². The predicted octanol–water partition coefficient (Wildman–Crippen LogP) is 4.22. The lowest BCUT2D eigenvalue weighted by atomic mass is 10.1. The molecule has 150 valence electrons. The molecule has 27 heavy (non-hydrogen) atoms. The molecule has 1 heterocycles. The molecular weight excluding hydrogens is 340 g/mol. The number of rotatable bonds is 8. The SMILES string of the molecule is CCC(=O)Nc1ccc(OCCN)c(-c2ccnn2C)c1.CCC(C)CC. The molecule has 0 radical (unpaired) electrons. The summed E-state index contributed by atoms with van der Waals surface area (Å²) in [5, 5.41) is 7.02. The lowest BCUT2D eigenvalue weighted by Gasteiger charge is -2.13. The van der Waals surface area contributed by atoms with Crippen LogP contribution in [0.15, 0.2) is 30.5 Å². The lowest BCUT2D eigenvalue weighted by molar-refractivity contribution is -0.115. The van der Waals surface area contributed by atoms with Crippen molar-refractivity contribution in [3.63, 3.8) is 0 Å². The molecule has 2 rings (SSSR count). The number of aryl methyl sites for hydroxylation is 1. The number of ether oxygens (including phenoxy) is 1. The minimum absolute atomic E-state index is 0.0263. The number of amides is 1. The van der Waals surface area contributed by atoms with Gasteiger partial charge in [0.15, 0.2) is 0 Å². The predicted molar refractivity (Wildman–Crippen MR) is 112 cm³/mol. The monoisotopic (exact) mass is 374 g/mol. The van der Waals surface area contributed by atoms with Crippen LogP contribution in [0.25, 0.3) is 11.3 Å². The van der Waals surface area contributed by atoms with Crippen molar-refractivity contribution in [1.82, 2.24) is 9.78 Å². The molecule has 3 N–H and O–H groups in total.